The Hall–Kier alpha value is -2.63. The first-order valence-electron chi connectivity index (χ1n) is 5.74. The zero-order chi connectivity index (χ0) is 13.4. The summed E-state index contributed by atoms with van der Waals surface area (Å²) in [6.45, 7) is 0. The molecule has 6 nitrogen and oxygen atoms in total. The predicted octanol–water partition coefficient (Wildman–Crippen LogP) is 1.75. The molecule has 96 valence electrons. The monoisotopic (exact) mass is 256 g/mol. The van der Waals surface area contributed by atoms with Gasteiger partial charge in [0.2, 0.25) is 0 Å². The highest BCUT2D eigenvalue weighted by atomic mass is 16.5. The highest BCUT2D eigenvalue weighted by Crippen LogP contribution is 2.26. The van der Waals surface area contributed by atoms with Crippen molar-refractivity contribution in [3.05, 3.63) is 36.3 Å². The van der Waals surface area contributed by atoms with Crippen molar-refractivity contribution in [1.29, 1.82) is 0 Å². The lowest BCUT2D eigenvalue weighted by molar-refractivity contribution is 0.0601. The molecule has 1 N–H and O–H groups in total. The lowest BCUT2D eigenvalue weighted by Crippen LogP contribution is -2.00. The third-order valence-electron chi connectivity index (χ3n) is 3.04. The van der Waals surface area contributed by atoms with Crippen LogP contribution in [0.15, 0.2) is 30.7 Å². The maximum atomic E-state index is 11.5. The van der Waals surface area contributed by atoms with Crippen LogP contribution in [0.4, 0.5) is 0 Å². The molecule has 0 aliphatic carbocycles. The Morgan fingerprint density at radius 1 is 1.42 bits per heavy atom. The Bertz CT molecular complexity index is 757. The molecule has 0 unspecified atom stereocenters. The van der Waals surface area contributed by atoms with E-state index in [2.05, 4.69) is 15.2 Å². The van der Waals surface area contributed by atoms with Crippen molar-refractivity contribution in [3.63, 3.8) is 0 Å². The number of H-pyrrole nitrogens is 1. The number of imidazole rings is 1. The molecule has 3 aromatic rings. The number of nitrogens with one attached hydrogen (secondary N) is 1. The van der Waals surface area contributed by atoms with E-state index in [4.69, 9.17) is 4.74 Å². The number of carbonyl (C=O) groups is 1. The molecule has 0 saturated carbocycles. The number of nitrogens with zero attached hydrogens (tertiary/aromatic N) is 3. The van der Waals surface area contributed by atoms with E-state index in [1.165, 1.54) is 7.11 Å². The number of fused-ring (bicyclic) bond motifs is 1. The van der Waals surface area contributed by atoms with Crippen molar-refractivity contribution >= 4 is 16.9 Å². The Morgan fingerprint density at radius 3 is 2.95 bits per heavy atom. The Labute approximate surface area is 109 Å². The molecular weight excluding hydrogens is 244 g/mol. The van der Waals surface area contributed by atoms with Crippen molar-refractivity contribution in [2.75, 3.05) is 7.11 Å². The summed E-state index contributed by atoms with van der Waals surface area (Å²) in [4.78, 5) is 15.6. The van der Waals surface area contributed by atoms with Crippen LogP contribution in [0.25, 0.3) is 22.3 Å². The van der Waals surface area contributed by atoms with Crippen LogP contribution in [0.2, 0.25) is 0 Å². The van der Waals surface area contributed by atoms with E-state index in [-0.39, 0.29) is 5.97 Å². The molecule has 19 heavy (non-hydrogen) atoms. The molecule has 0 bridgehead atoms. The number of aryl methyl sites for hydroxylation is 1. The average molecular weight is 256 g/mol. The number of hydrogen-bond donors (Lipinski definition) is 1. The maximum Gasteiger partial charge on any atom is 0.337 e. The number of ether oxygens (including phenoxy) is 1. The van der Waals surface area contributed by atoms with Crippen molar-refractivity contribution in [1.82, 2.24) is 19.7 Å². The molecule has 0 radical (unpaired) electrons. The number of benzene rings is 1. The minimum Gasteiger partial charge on any atom is -0.465 e. The van der Waals surface area contributed by atoms with E-state index in [1.807, 2.05) is 17.7 Å². The molecule has 0 saturated heterocycles. The van der Waals surface area contributed by atoms with Crippen molar-refractivity contribution in [2.24, 2.45) is 7.05 Å². The van der Waals surface area contributed by atoms with Crippen LogP contribution in [0, 0.1) is 0 Å². The van der Waals surface area contributed by atoms with Gasteiger partial charge in [-0.05, 0) is 18.2 Å². The number of carbonyl (C=O) groups excluding carboxylic acids is 1. The third-order valence-corrected chi connectivity index (χ3v) is 3.04. The van der Waals surface area contributed by atoms with Gasteiger partial charge in [-0.15, -0.1) is 0 Å². The minimum absolute atomic E-state index is 0.362. The van der Waals surface area contributed by atoms with E-state index >= 15 is 0 Å². The lowest BCUT2D eigenvalue weighted by Gasteiger charge is -2.00. The summed E-state index contributed by atoms with van der Waals surface area (Å²) in [5, 5.41) is 8.15. The molecule has 3 rings (SSSR count). The van der Waals surface area contributed by atoms with Crippen LogP contribution >= 0.6 is 0 Å². The Kier molecular flexibility index (Phi) is 2.56. The fourth-order valence-electron chi connectivity index (χ4n) is 2.05. The van der Waals surface area contributed by atoms with Gasteiger partial charge in [-0.3, -0.25) is 5.10 Å². The van der Waals surface area contributed by atoms with Gasteiger partial charge in [0.15, 0.2) is 0 Å². The molecule has 0 fully saturated rings. The van der Waals surface area contributed by atoms with Crippen molar-refractivity contribution in [2.45, 2.75) is 0 Å². The quantitative estimate of drug-likeness (QED) is 0.709. The van der Waals surface area contributed by atoms with Gasteiger partial charge < -0.3 is 9.30 Å². The number of esters is 1. The fraction of sp³-hybridized carbons (Fsp3) is 0.154. The zero-order valence-electron chi connectivity index (χ0n) is 10.5. The van der Waals surface area contributed by atoms with Gasteiger partial charge in [0.05, 0.1) is 36.4 Å². The molecule has 2 aromatic heterocycles. The third kappa shape index (κ3) is 1.77. The largest absolute Gasteiger partial charge is 0.465 e. The van der Waals surface area contributed by atoms with E-state index in [0.717, 1.165) is 22.3 Å². The molecule has 0 aliphatic heterocycles. The topological polar surface area (TPSA) is 72.8 Å². The molecule has 1 aromatic carbocycles. The summed E-state index contributed by atoms with van der Waals surface area (Å²) >= 11 is 0. The van der Waals surface area contributed by atoms with Gasteiger partial charge in [-0.2, -0.15) is 5.10 Å². The number of hydrogen-bond acceptors (Lipinski definition) is 4. The maximum absolute atomic E-state index is 11.5. The minimum atomic E-state index is -0.362. The highest BCUT2D eigenvalue weighted by molar-refractivity contribution is 5.98. The SMILES string of the molecule is COC(=O)c1ccc2c(-c3cncn3C)n[nH]c2c1. The summed E-state index contributed by atoms with van der Waals surface area (Å²) < 4.78 is 6.59. The van der Waals surface area contributed by atoms with Crippen LogP contribution in [0.5, 0.6) is 0 Å². The standard InChI is InChI=1S/C13H12N4O2/c1-17-7-14-6-11(17)12-9-4-3-8(13(18)19-2)5-10(9)15-16-12/h3-7H,1-2H3,(H,15,16). The highest BCUT2D eigenvalue weighted by Gasteiger charge is 2.13. The first-order chi connectivity index (χ1) is 9.20. The fourth-order valence-corrected chi connectivity index (χ4v) is 2.05. The first-order valence-corrected chi connectivity index (χ1v) is 5.74. The van der Waals surface area contributed by atoms with Crippen LogP contribution < -0.4 is 0 Å². The lowest BCUT2D eigenvalue weighted by atomic mass is 10.1. The number of rotatable bonds is 2. The summed E-state index contributed by atoms with van der Waals surface area (Å²) in [5.41, 5.74) is 3.01. The molecular formula is C13H12N4O2. The van der Waals surface area contributed by atoms with Crippen molar-refractivity contribution < 1.29 is 9.53 Å². The van der Waals surface area contributed by atoms with Crippen LogP contribution in [0.1, 0.15) is 10.4 Å². The molecule has 2 heterocycles. The van der Waals surface area contributed by atoms with Gasteiger partial charge in [-0.1, -0.05) is 0 Å². The molecule has 6 heteroatoms. The van der Waals surface area contributed by atoms with E-state index in [9.17, 15) is 4.79 Å². The smallest absolute Gasteiger partial charge is 0.337 e. The zero-order valence-corrected chi connectivity index (χ0v) is 10.5. The Morgan fingerprint density at radius 2 is 2.26 bits per heavy atom. The van der Waals surface area contributed by atoms with Crippen LogP contribution in [-0.2, 0) is 11.8 Å². The second-order valence-electron chi connectivity index (χ2n) is 4.21. The van der Waals surface area contributed by atoms with Gasteiger partial charge >= 0.3 is 5.97 Å². The summed E-state index contributed by atoms with van der Waals surface area (Å²) in [7, 11) is 3.27. The van der Waals surface area contributed by atoms with Gasteiger partial charge in [-0.25, -0.2) is 9.78 Å². The van der Waals surface area contributed by atoms with E-state index in [0.29, 0.717) is 5.56 Å². The van der Waals surface area contributed by atoms with Crippen molar-refractivity contribution in [3.8, 4) is 11.4 Å². The van der Waals surface area contributed by atoms with E-state index in [1.54, 1.807) is 24.7 Å². The van der Waals surface area contributed by atoms with Gasteiger partial charge in [0, 0.05) is 12.4 Å². The Balaban J connectivity index is 2.15. The van der Waals surface area contributed by atoms with Crippen LogP contribution in [0.3, 0.4) is 0 Å². The number of methoxy groups -OCH3 is 1. The summed E-state index contributed by atoms with van der Waals surface area (Å²) in [5.74, 6) is -0.362. The molecule has 0 aliphatic rings. The number of aromatic nitrogens is 4. The number of aromatic amines is 1. The normalized spacial score (nSPS) is 10.8. The second kappa shape index (κ2) is 4.24. The van der Waals surface area contributed by atoms with Crippen LogP contribution in [-0.4, -0.2) is 32.8 Å². The molecule has 0 atom stereocenters. The van der Waals surface area contributed by atoms with E-state index < -0.39 is 0 Å². The molecule has 0 spiro atoms. The average Bonchev–Trinajstić information content (AvgIpc) is 3.02. The molecule has 0 amide bonds. The van der Waals surface area contributed by atoms with Gasteiger partial charge in [0.1, 0.15) is 5.69 Å². The summed E-state index contributed by atoms with van der Waals surface area (Å²) in [6, 6.07) is 5.31. The predicted molar refractivity (Wildman–Crippen MR) is 69.6 cm³/mol. The van der Waals surface area contributed by atoms with Gasteiger partial charge in [0.25, 0.3) is 0 Å². The second-order valence-corrected chi connectivity index (χ2v) is 4.21. The first kappa shape index (κ1) is 11.5. The summed E-state index contributed by atoms with van der Waals surface area (Å²) in [6.07, 6.45) is 3.47.